The Labute approximate surface area is 299 Å². The van der Waals surface area contributed by atoms with Gasteiger partial charge in [-0.15, -0.1) is 0 Å². The summed E-state index contributed by atoms with van der Waals surface area (Å²) in [5.74, 6) is 0.513. The zero-order valence-electron chi connectivity index (χ0n) is 28.2. The maximum absolute atomic E-state index is 14.0. The molecule has 0 atom stereocenters. The topological polar surface area (TPSA) is 58.3 Å². The van der Waals surface area contributed by atoms with Gasteiger partial charge in [-0.25, -0.2) is 0 Å². The van der Waals surface area contributed by atoms with Gasteiger partial charge in [0.15, 0.2) is 0 Å². The summed E-state index contributed by atoms with van der Waals surface area (Å²) in [6, 6.07) is 52.7. The summed E-state index contributed by atoms with van der Waals surface area (Å²) < 4.78 is 41.9. The number of rotatable bonds is 8. The number of benzene rings is 6. The highest BCUT2D eigenvalue weighted by Gasteiger charge is 2.46. The molecule has 254 valence electrons. The monoisotopic (exact) mass is 688 g/mol. The molecule has 2 aromatic heterocycles. The number of hydrogen-bond donors (Lipinski definition) is 1. The second-order valence-electron chi connectivity index (χ2n) is 12.6. The predicted octanol–water partition coefficient (Wildman–Crippen LogP) is 10.1. The number of para-hydroxylation sites is 1. The second kappa shape index (κ2) is 13.4. The Bertz CT molecular complexity index is 2380. The number of aromatic amines is 1. The van der Waals surface area contributed by atoms with Gasteiger partial charge in [0, 0.05) is 27.8 Å². The minimum atomic E-state index is -4.51. The molecular formula is C44H33F3N5+. The predicted molar refractivity (Wildman–Crippen MR) is 197 cm³/mol. The Kier molecular flexibility index (Phi) is 8.43. The molecular weight excluding hydrogens is 656 g/mol. The molecule has 0 radical (unpaired) electrons. The maximum Gasteiger partial charge on any atom is 0.418 e. The Hall–Kier alpha value is -6.41. The van der Waals surface area contributed by atoms with Crippen LogP contribution in [0.2, 0.25) is 0 Å². The van der Waals surface area contributed by atoms with E-state index in [1.165, 1.54) is 6.07 Å². The molecule has 0 unspecified atom stereocenters. The third-order valence-corrected chi connectivity index (χ3v) is 9.57. The average molecular weight is 689 g/mol. The maximum atomic E-state index is 14.0. The van der Waals surface area contributed by atoms with Crippen molar-refractivity contribution in [3.8, 4) is 33.6 Å². The number of fused-ring (bicyclic) bond motifs is 1. The summed E-state index contributed by atoms with van der Waals surface area (Å²) in [6.07, 6.45) is -4.00. The van der Waals surface area contributed by atoms with E-state index >= 15 is 0 Å². The van der Waals surface area contributed by atoms with Gasteiger partial charge in [0.2, 0.25) is 5.54 Å². The number of nitrogens with zero attached hydrogens (tertiary/aromatic N) is 4. The number of tetrazole rings is 1. The van der Waals surface area contributed by atoms with Gasteiger partial charge < -0.3 is 0 Å². The molecule has 0 amide bonds. The summed E-state index contributed by atoms with van der Waals surface area (Å²) in [5, 5.41) is 13.7. The first-order chi connectivity index (χ1) is 25.4. The molecule has 8 rings (SSSR count). The summed E-state index contributed by atoms with van der Waals surface area (Å²) in [5.41, 5.74) is 6.19. The van der Waals surface area contributed by atoms with Crippen LogP contribution < -0.4 is 4.80 Å². The van der Waals surface area contributed by atoms with Crippen molar-refractivity contribution in [1.82, 2.24) is 20.4 Å². The molecule has 0 aliphatic heterocycles. The number of aryl methyl sites for hydroxylation is 1. The number of aromatic nitrogens is 5. The molecule has 0 bridgehead atoms. The molecule has 1 N–H and O–H groups in total. The van der Waals surface area contributed by atoms with Crippen LogP contribution in [0, 0.1) is 0 Å². The Morgan fingerprint density at radius 2 is 1.10 bits per heavy atom. The van der Waals surface area contributed by atoms with Crippen molar-refractivity contribution in [2.75, 3.05) is 0 Å². The van der Waals surface area contributed by atoms with E-state index in [9.17, 15) is 13.2 Å². The number of pyridine rings is 1. The third kappa shape index (κ3) is 5.72. The van der Waals surface area contributed by atoms with Crippen LogP contribution in [-0.2, 0) is 18.1 Å². The van der Waals surface area contributed by atoms with Gasteiger partial charge in [0.05, 0.1) is 21.7 Å². The number of alkyl halides is 3. The first-order valence-electron chi connectivity index (χ1n) is 17.1. The van der Waals surface area contributed by atoms with E-state index in [1.807, 2.05) is 121 Å². The lowest BCUT2D eigenvalue weighted by atomic mass is 9.77. The number of nitrogens with one attached hydrogen (secondary N) is 1. The highest BCUT2D eigenvalue weighted by molar-refractivity contribution is 5.97. The summed E-state index contributed by atoms with van der Waals surface area (Å²) in [7, 11) is 0. The molecule has 0 saturated heterocycles. The molecule has 52 heavy (non-hydrogen) atoms. The average Bonchev–Trinajstić information content (AvgIpc) is 3.69. The van der Waals surface area contributed by atoms with Crippen molar-refractivity contribution >= 4 is 10.9 Å². The minimum absolute atomic E-state index is 0.0331. The highest BCUT2D eigenvalue weighted by Crippen LogP contribution is 2.40. The van der Waals surface area contributed by atoms with Crippen LogP contribution in [0.1, 0.15) is 34.9 Å². The van der Waals surface area contributed by atoms with Gasteiger partial charge in [-0.2, -0.15) is 13.2 Å². The van der Waals surface area contributed by atoms with E-state index in [4.69, 9.17) is 10.2 Å². The van der Waals surface area contributed by atoms with E-state index in [2.05, 4.69) is 46.6 Å². The fourth-order valence-electron chi connectivity index (χ4n) is 7.11. The fraction of sp³-hybridized carbons (Fsp3) is 0.0909. The van der Waals surface area contributed by atoms with E-state index in [0.717, 1.165) is 45.0 Å². The molecule has 6 aromatic carbocycles. The van der Waals surface area contributed by atoms with Gasteiger partial charge in [-0.3, -0.25) is 4.98 Å². The van der Waals surface area contributed by atoms with Gasteiger partial charge in [0.1, 0.15) is 0 Å². The fourth-order valence-corrected chi connectivity index (χ4v) is 7.11. The normalized spacial score (nSPS) is 11.9. The quantitative estimate of drug-likeness (QED) is 0.128. The van der Waals surface area contributed by atoms with Gasteiger partial charge in [-0.1, -0.05) is 153 Å². The number of hydrogen-bond acceptors (Lipinski definition) is 3. The lowest BCUT2D eigenvalue weighted by Crippen LogP contribution is -2.62. The lowest BCUT2D eigenvalue weighted by Gasteiger charge is -2.29. The highest BCUT2D eigenvalue weighted by atomic mass is 19.4. The Morgan fingerprint density at radius 3 is 1.63 bits per heavy atom. The van der Waals surface area contributed by atoms with Crippen molar-refractivity contribution in [3.05, 3.63) is 192 Å². The standard InChI is InChI=1S/C44H32F3N5/c1-2-35-29-39(37-23-14-24-40(41(37)48-35)44(45,46)47)31-27-25-30(26-28-31)36-21-12-13-22-38(36)42-49-51-52(50-42)43(32-15-6-3-7-16-32,33-17-8-4-9-18-33)34-19-10-5-11-20-34/h3-29H,2H2,1H3/p+1. The second-order valence-corrected chi connectivity index (χ2v) is 12.6. The molecule has 0 saturated carbocycles. The van der Waals surface area contributed by atoms with E-state index in [-0.39, 0.29) is 5.52 Å². The molecule has 0 aliphatic carbocycles. The third-order valence-electron chi connectivity index (χ3n) is 9.57. The van der Waals surface area contributed by atoms with Crippen LogP contribution in [0.5, 0.6) is 0 Å². The number of halogens is 3. The Morgan fingerprint density at radius 1 is 0.577 bits per heavy atom. The van der Waals surface area contributed by atoms with Crippen molar-refractivity contribution in [2.24, 2.45) is 0 Å². The van der Waals surface area contributed by atoms with Crippen molar-refractivity contribution < 1.29 is 18.0 Å². The smallest absolute Gasteiger partial charge is 0.252 e. The van der Waals surface area contributed by atoms with Crippen molar-refractivity contribution in [3.63, 3.8) is 0 Å². The first kappa shape index (κ1) is 32.8. The van der Waals surface area contributed by atoms with Crippen LogP contribution in [0.4, 0.5) is 13.2 Å². The summed E-state index contributed by atoms with van der Waals surface area (Å²) in [6.45, 7) is 1.89. The van der Waals surface area contributed by atoms with Crippen molar-refractivity contribution in [1.29, 1.82) is 0 Å². The van der Waals surface area contributed by atoms with Crippen LogP contribution >= 0.6 is 0 Å². The van der Waals surface area contributed by atoms with Crippen LogP contribution in [-0.4, -0.2) is 20.4 Å². The van der Waals surface area contributed by atoms with E-state index < -0.39 is 17.3 Å². The molecule has 0 aliphatic rings. The van der Waals surface area contributed by atoms with Crippen LogP contribution in [0.3, 0.4) is 0 Å². The summed E-state index contributed by atoms with van der Waals surface area (Å²) in [4.78, 5) is 6.23. The molecule has 0 spiro atoms. The first-order valence-corrected chi connectivity index (χ1v) is 17.1. The van der Waals surface area contributed by atoms with Gasteiger partial charge in [0.25, 0.3) is 0 Å². The molecule has 5 nitrogen and oxygen atoms in total. The lowest BCUT2D eigenvalue weighted by molar-refractivity contribution is -0.836. The zero-order valence-corrected chi connectivity index (χ0v) is 28.2. The SMILES string of the molecule is CCc1cc(-c2ccc(-c3ccccc3-c3n[nH][n+](C(c4ccccc4)(c4ccccc4)c4ccccc4)n3)cc2)c2cccc(C(F)(F)F)c2n1. The van der Waals surface area contributed by atoms with Gasteiger partial charge in [-0.05, 0) is 62.0 Å². The molecule has 8 aromatic rings. The van der Waals surface area contributed by atoms with Crippen LogP contribution in [0.15, 0.2) is 164 Å². The Balaban J connectivity index is 1.23. The van der Waals surface area contributed by atoms with Crippen molar-refractivity contribution in [2.45, 2.75) is 25.1 Å². The number of H-pyrrole nitrogens is 1. The summed E-state index contributed by atoms with van der Waals surface area (Å²) >= 11 is 0. The van der Waals surface area contributed by atoms with E-state index in [0.29, 0.717) is 28.9 Å². The largest absolute Gasteiger partial charge is 0.418 e. The molecule has 2 heterocycles. The van der Waals surface area contributed by atoms with Gasteiger partial charge >= 0.3 is 12.0 Å². The minimum Gasteiger partial charge on any atom is -0.252 e. The van der Waals surface area contributed by atoms with Crippen LogP contribution in [0.25, 0.3) is 44.5 Å². The molecule has 8 heteroatoms. The zero-order chi connectivity index (χ0) is 35.7. The molecule has 0 fully saturated rings. The van der Waals surface area contributed by atoms with E-state index in [1.54, 1.807) is 6.07 Å².